The summed E-state index contributed by atoms with van der Waals surface area (Å²) < 4.78 is 0. The molecule has 1 rings (SSSR count). The number of likely N-dealkylation sites (tertiary alicyclic amines) is 1. The number of carboxylic acids is 1. The van der Waals surface area contributed by atoms with Crippen LogP contribution in [0.1, 0.15) is 19.3 Å². The molecule has 0 aromatic rings. The van der Waals surface area contributed by atoms with Gasteiger partial charge in [-0.2, -0.15) is 0 Å². The Morgan fingerprint density at radius 2 is 2.25 bits per heavy atom. The summed E-state index contributed by atoms with van der Waals surface area (Å²) >= 11 is 0. The number of hydrogen-bond donors (Lipinski definition) is 1. The van der Waals surface area contributed by atoms with E-state index in [1.165, 1.54) is 0 Å². The molecular formula is C12H17NO3. The zero-order chi connectivity index (χ0) is 12.1. The molecule has 1 amide bonds. The van der Waals surface area contributed by atoms with Crippen LogP contribution in [-0.2, 0) is 9.59 Å². The smallest absolute Gasteiger partial charge is 0.308 e. The summed E-state index contributed by atoms with van der Waals surface area (Å²) in [4.78, 5) is 24.3. The Morgan fingerprint density at radius 3 is 2.75 bits per heavy atom. The van der Waals surface area contributed by atoms with Crippen molar-refractivity contribution in [2.24, 2.45) is 5.92 Å². The second-order valence-electron chi connectivity index (χ2n) is 3.91. The lowest BCUT2D eigenvalue weighted by atomic mass is 9.94. The summed E-state index contributed by atoms with van der Waals surface area (Å²) in [6.07, 6.45) is 4.65. The molecule has 0 spiro atoms. The Morgan fingerprint density at radius 1 is 1.56 bits per heavy atom. The van der Waals surface area contributed by atoms with Crippen molar-refractivity contribution in [1.82, 2.24) is 4.90 Å². The van der Waals surface area contributed by atoms with Crippen LogP contribution in [0.4, 0.5) is 0 Å². The minimum Gasteiger partial charge on any atom is -0.481 e. The van der Waals surface area contributed by atoms with E-state index in [1.807, 2.05) is 0 Å². The van der Waals surface area contributed by atoms with Crippen molar-refractivity contribution in [2.75, 3.05) is 6.54 Å². The Labute approximate surface area is 95.2 Å². The maximum atomic E-state index is 11.6. The molecule has 4 nitrogen and oxygen atoms in total. The van der Waals surface area contributed by atoms with Gasteiger partial charge in [-0.1, -0.05) is 12.2 Å². The average Bonchev–Trinajstić information content (AvgIpc) is 2.58. The number of aliphatic carboxylic acids is 1. The van der Waals surface area contributed by atoms with Gasteiger partial charge < -0.3 is 10.0 Å². The number of carboxylic acid groups (broad SMARTS) is 1. The van der Waals surface area contributed by atoms with Gasteiger partial charge in [0.15, 0.2) is 0 Å². The van der Waals surface area contributed by atoms with Gasteiger partial charge in [-0.25, -0.2) is 0 Å². The second-order valence-corrected chi connectivity index (χ2v) is 3.91. The molecule has 88 valence electrons. The van der Waals surface area contributed by atoms with E-state index in [1.54, 1.807) is 17.1 Å². The first-order valence-corrected chi connectivity index (χ1v) is 5.35. The molecule has 0 saturated carbocycles. The fourth-order valence-corrected chi connectivity index (χ4v) is 2.15. The van der Waals surface area contributed by atoms with Crippen LogP contribution in [0.2, 0.25) is 0 Å². The lowest BCUT2D eigenvalue weighted by Gasteiger charge is -2.28. The van der Waals surface area contributed by atoms with Gasteiger partial charge in [0, 0.05) is 19.0 Å². The molecule has 1 saturated heterocycles. The molecule has 0 bridgehead atoms. The predicted molar refractivity (Wildman–Crippen MR) is 60.9 cm³/mol. The van der Waals surface area contributed by atoms with Gasteiger partial charge in [-0.3, -0.25) is 9.59 Å². The van der Waals surface area contributed by atoms with Crippen molar-refractivity contribution in [1.29, 1.82) is 0 Å². The minimum atomic E-state index is -0.867. The van der Waals surface area contributed by atoms with Crippen molar-refractivity contribution in [3.63, 3.8) is 0 Å². The third-order valence-corrected chi connectivity index (χ3v) is 2.90. The zero-order valence-electron chi connectivity index (χ0n) is 9.26. The molecule has 4 heteroatoms. The summed E-state index contributed by atoms with van der Waals surface area (Å²) in [5.74, 6) is -1.40. The van der Waals surface area contributed by atoms with Gasteiger partial charge in [-0.05, 0) is 12.8 Å². The van der Waals surface area contributed by atoms with Gasteiger partial charge >= 0.3 is 5.97 Å². The van der Waals surface area contributed by atoms with E-state index in [2.05, 4.69) is 13.2 Å². The maximum absolute atomic E-state index is 11.6. The van der Waals surface area contributed by atoms with Gasteiger partial charge in [0.1, 0.15) is 0 Å². The fraction of sp³-hybridized carbons (Fsp3) is 0.500. The van der Waals surface area contributed by atoms with Crippen LogP contribution in [0.5, 0.6) is 0 Å². The van der Waals surface area contributed by atoms with Crippen LogP contribution < -0.4 is 0 Å². The van der Waals surface area contributed by atoms with Crippen molar-refractivity contribution in [3.05, 3.63) is 25.3 Å². The Balaban J connectivity index is 2.82. The number of rotatable bonds is 6. The molecule has 16 heavy (non-hydrogen) atoms. The van der Waals surface area contributed by atoms with E-state index in [0.29, 0.717) is 25.8 Å². The number of nitrogens with zero attached hydrogens (tertiary/aromatic N) is 1. The molecule has 1 fully saturated rings. The normalized spacial score (nSPS) is 21.9. The SMILES string of the molecule is C=CC[C@H](C(=O)O)[C@@H]1CCC(=O)N1CC=C. The van der Waals surface area contributed by atoms with Gasteiger partial charge in [-0.15, -0.1) is 13.2 Å². The third-order valence-electron chi connectivity index (χ3n) is 2.90. The van der Waals surface area contributed by atoms with Crippen molar-refractivity contribution >= 4 is 11.9 Å². The summed E-state index contributed by atoms with van der Waals surface area (Å²) in [5.41, 5.74) is 0. The topological polar surface area (TPSA) is 57.6 Å². The fourth-order valence-electron chi connectivity index (χ4n) is 2.15. The highest BCUT2D eigenvalue weighted by Gasteiger charge is 2.38. The van der Waals surface area contributed by atoms with Crippen LogP contribution in [0.25, 0.3) is 0 Å². The Hall–Kier alpha value is -1.58. The van der Waals surface area contributed by atoms with Crippen LogP contribution in [0.15, 0.2) is 25.3 Å². The van der Waals surface area contributed by atoms with Crippen molar-refractivity contribution in [2.45, 2.75) is 25.3 Å². The molecule has 0 radical (unpaired) electrons. The van der Waals surface area contributed by atoms with E-state index < -0.39 is 11.9 Å². The van der Waals surface area contributed by atoms with Crippen LogP contribution in [0.3, 0.4) is 0 Å². The quantitative estimate of drug-likeness (QED) is 0.693. The summed E-state index contributed by atoms with van der Waals surface area (Å²) in [7, 11) is 0. The van der Waals surface area contributed by atoms with Gasteiger partial charge in [0.2, 0.25) is 5.91 Å². The molecule has 0 aromatic carbocycles. The highest BCUT2D eigenvalue weighted by atomic mass is 16.4. The second kappa shape index (κ2) is 5.49. The van der Waals surface area contributed by atoms with E-state index in [-0.39, 0.29) is 11.9 Å². The van der Waals surface area contributed by atoms with Crippen LogP contribution in [0, 0.1) is 5.92 Å². The van der Waals surface area contributed by atoms with Gasteiger partial charge in [0.25, 0.3) is 0 Å². The number of amides is 1. The first-order chi connectivity index (χ1) is 7.61. The Kier molecular flexibility index (Phi) is 4.28. The number of carbonyl (C=O) groups is 2. The molecule has 0 aliphatic carbocycles. The molecular weight excluding hydrogens is 206 g/mol. The lowest BCUT2D eigenvalue weighted by molar-refractivity contribution is -0.144. The molecule has 2 atom stereocenters. The van der Waals surface area contributed by atoms with Crippen LogP contribution >= 0.6 is 0 Å². The van der Waals surface area contributed by atoms with Crippen LogP contribution in [-0.4, -0.2) is 34.5 Å². The predicted octanol–water partition coefficient (Wildman–Crippen LogP) is 1.44. The van der Waals surface area contributed by atoms with Crippen molar-refractivity contribution < 1.29 is 14.7 Å². The maximum Gasteiger partial charge on any atom is 0.308 e. The van der Waals surface area contributed by atoms with E-state index in [4.69, 9.17) is 5.11 Å². The largest absolute Gasteiger partial charge is 0.481 e. The van der Waals surface area contributed by atoms with E-state index in [9.17, 15) is 9.59 Å². The summed E-state index contributed by atoms with van der Waals surface area (Å²) in [6, 6.07) is -0.221. The van der Waals surface area contributed by atoms with E-state index in [0.717, 1.165) is 0 Å². The molecule has 1 N–H and O–H groups in total. The summed E-state index contributed by atoms with van der Waals surface area (Å²) in [6.45, 7) is 7.56. The van der Waals surface area contributed by atoms with Crippen molar-refractivity contribution in [3.8, 4) is 0 Å². The third kappa shape index (κ3) is 2.51. The lowest BCUT2D eigenvalue weighted by Crippen LogP contribution is -2.41. The molecule has 1 heterocycles. The minimum absolute atomic E-state index is 0.0141. The standard InChI is InChI=1S/C12H17NO3/c1-3-5-9(12(15)16)10-6-7-11(14)13(10)8-4-2/h3-4,9-10H,1-2,5-8H2,(H,15,16)/t9-,10-/m0/s1. The molecule has 1 aliphatic heterocycles. The van der Waals surface area contributed by atoms with Gasteiger partial charge in [0.05, 0.1) is 5.92 Å². The number of hydrogen-bond acceptors (Lipinski definition) is 2. The molecule has 0 unspecified atom stereocenters. The highest BCUT2D eigenvalue weighted by molar-refractivity contribution is 5.81. The average molecular weight is 223 g/mol. The molecule has 1 aliphatic rings. The zero-order valence-corrected chi connectivity index (χ0v) is 9.26. The number of carbonyl (C=O) groups excluding carboxylic acids is 1. The highest BCUT2D eigenvalue weighted by Crippen LogP contribution is 2.27. The summed E-state index contributed by atoms with van der Waals surface area (Å²) in [5, 5.41) is 9.13. The first-order valence-electron chi connectivity index (χ1n) is 5.35. The first kappa shape index (κ1) is 12.5. The molecule has 0 aromatic heterocycles. The monoisotopic (exact) mass is 223 g/mol. The Bertz CT molecular complexity index is 311. The van der Waals surface area contributed by atoms with E-state index >= 15 is 0 Å². The number of allylic oxidation sites excluding steroid dienone is 1.